The lowest BCUT2D eigenvalue weighted by molar-refractivity contribution is -0.156. The average molecular weight is 313 g/mol. The molecule has 0 spiro atoms. The van der Waals surface area contributed by atoms with Crippen molar-refractivity contribution in [1.29, 1.82) is 0 Å². The molecule has 0 saturated carbocycles. The van der Waals surface area contributed by atoms with E-state index < -0.39 is 17.4 Å². The Balaban J connectivity index is 2.34. The summed E-state index contributed by atoms with van der Waals surface area (Å²) >= 11 is 6.02. The number of amides is 2. The van der Waals surface area contributed by atoms with Crippen LogP contribution in [-0.4, -0.2) is 28.3 Å². The van der Waals surface area contributed by atoms with Gasteiger partial charge in [-0.15, -0.1) is 0 Å². The van der Waals surface area contributed by atoms with Crippen molar-refractivity contribution in [2.45, 2.75) is 45.3 Å². The van der Waals surface area contributed by atoms with Crippen LogP contribution >= 0.6 is 11.6 Å². The molecule has 1 fully saturated rings. The summed E-state index contributed by atoms with van der Waals surface area (Å²) in [5, 5.41) is 2.97. The monoisotopic (exact) mass is 312 g/mol. The van der Waals surface area contributed by atoms with E-state index in [1.54, 1.807) is 13.8 Å². The molecule has 1 atom stereocenters. The first-order valence-corrected chi connectivity index (χ1v) is 7.21. The number of carbonyl (C=O) groups is 2. The minimum atomic E-state index is -0.972. The van der Waals surface area contributed by atoms with E-state index in [0.717, 1.165) is 0 Å². The van der Waals surface area contributed by atoms with Gasteiger partial charge in [-0.3, -0.25) is 9.59 Å². The molecule has 4 nitrogen and oxygen atoms in total. The smallest absolute Gasteiger partial charge is 0.246 e. The van der Waals surface area contributed by atoms with E-state index in [1.165, 1.54) is 23.1 Å². The average Bonchev–Trinajstić information content (AvgIpc) is 2.41. The maximum Gasteiger partial charge on any atom is 0.246 e. The van der Waals surface area contributed by atoms with Crippen LogP contribution in [-0.2, 0) is 16.1 Å². The Labute approximate surface area is 128 Å². The summed E-state index contributed by atoms with van der Waals surface area (Å²) in [6.07, 6.45) is 0.522. The highest BCUT2D eigenvalue weighted by molar-refractivity contribution is 6.31. The summed E-state index contributed by atoms with van der Waals surface area (Å²) in [4.78, 5) is 26.2. The van der Waals surface area contributed by atoms with Gasteiger partial charge in [0, 0.05) is 11.6 Å². The second-order valence-electron chi connectivity index (χ2n) is 5.65. The molecule has 0 aliphatic carbocycles. The van der Waals surface area contributed by atoms with E-state index in [0.29, 0.717) is 12.0 Å². The molecular weight excluding hydrogens is 295 g/mol. The lowest BCUT2D eigenvalue weighted by Crippen LogP contribution is -2.67. The van der Waals surface area contributed by atoms with Gasteiger partial charge < -0.3 is 10.2 Å². The number of rotatable bonds is 3. The topological polar surface area (TPSA) is 49.4 Å². The van der Waals surface area contributed by atoms with Gasteiger partial charge in [0.15, 0.2) is 0 Å². The fraction of sp³-hybridized carbons (Fsp3) is 0.467. The molecule has 2 amide bonds. The number of hydrogen-bond donors (Lipinski definition) is 1. The molecule has 1 unspecified atom stereocenters. The van der Waals surface area contributed by atoms with Gasteiger partial charge >= 0.3 is 0 Å². The minimum absolute atomic E-state index is 0.150. The molecule has 0 radical (unpaired) electrons. The molecule has 6 heteroatoms. The van der Waals surface area contributed by atoms with E-state index in [9.17, 15) is 14.0 Å². The van der Waals surface area contributed by atoms with Crippen LogP contribution in [0.2, 0.25) is 5.02 Å². The predicted octanol–water partition coefficient (Wildman–Crippen LogP) is 2.49. The highest BCUT2D eigenvalue weighted by atomic mass is 35.5. The molecule has 0 aromatic heterocycles. The quantitative estimate of drug-likeness (QED) is 0.932. The third-order valence-corrected chi connectivity index (χ3v) is 4.20. The van der Waals surface area contributed by atoms with Crippen molar-refractivity contribution in [3.8, 4) is 0 Å². The van der Waals surface area contributed by atoms with Crippen LogP contribution in [0.3, 0.4) is 0 Å². The normalized spacial score (nSPS) is 21.4. The maximum absolute atomic E-state index is 13.1. The standard InChI is InChI=1S/C15H18ClFN2O2/c1-4-12-13(20)19(15(2,3)14(21)18-12)8-9-5-6-10(17)7-11(9)16/h5-7,12H,4,8H2,1-3H3,(H,18,21). The van der Waals surface area contributed by atoms with Gasteiger partial charge in [-0.25, -0.2) is 4.39 Å². The number of nitrogens with one attached hydrogen (secondary N) is 1. The zero-order valence-electron chi connectivity index (χ0n) is 12.2. The molecule has 1 aliphatic rings. The predicted molar refractivity (Wildman–Crippen MR) is 78.3 cm³/mol. The Morgan fingerprint density at radius 2 is 2.05 bits per heavy atom. The second-order valence-corrected chi connectivity index (χ2v) is 6.06. The van der Waals surface area contributed by atoms with Crippen LogP contribution < -0.4 is 5.32 Å². The number of carbonyl (C=O) groups excluding carboxylic acids is 2. The van der Waals surface area contributed by atoms with Gasteiger partial charge in [-0.05, 0) is 38.0 Å². The fourth-order valence-corrected chi connectivity index (χ4v) is 2.58. The molecule has 21 heavy (non-hydrogen) atoms. The molecule has 1 heterocycles. The zero-order valence-corrected chi connectivity index (χ0v) is 13.0. The van der Waals surface area contributed by atoms with Gasteiger partial charge in [-0.2, -0.15) is 0 Å². The van der Waals surface area contributed by atoms with Crippen molar-refractivity contribution >= 4 is 23.4 Å². The molecule has 114 valence electrons. The number of piperazine rings is 1. The fourth-order valence-electron chi connectivity index (χ4n) is 2.36. The summed E-state index contributed by atoms with van der Waals surface area (Å²) in [5.74, 6) is -0.785. The molecule has 1 aromatic carbocycles. The summed E-state index contributed by atoms with van der Waals surface area (Å²) in [7, 11) is 0. The van der Waals surface area contributed by atoms with Crippen molar-refractivity contribution < 1.29 is 14.0 Å². The number of nitrogens with zero attached hydrogens (tertiary/aromatic N) is 1. The summed E-state index contributed by atoms with van der Waals surface area (Å²) in [5.41, 5.74) is -0.357. The van der Waals surface area contributed by atoms with Gasteiger partial charge in [0.25, 0.3) is 0 Å². The molecular formula is C15H18ClFN2O2. The Morgan fingerprint density at radius 3 is 2.62 bits per heavy atom. The van der Waals surface area contributed by atoms with Gasteiger partial charge in [0.05, 0.1) is 0 Å². The van der Waals surface area contributed by atoms with Crippen molar-refractivity contribution in [3.63, 3.8) is 0 Å². The zero-order chi connectivity index (χ0) is 15.8. The number of halogens is 2. The van der Waals surface area contributed by atoms with Crippen LogP contribution in [0.5, 0.6) is 0 Å². The minimum Gasteiger partial charge on any atom is -0.342 e. The van der Waals surface area contributed by atoms with Crippen LogP contribution in [0, 0.1) is 5.82 Å². The Kier molecular flexibility index (Phi) is 4.23. The first-order valence-electron chi connectivity index (χ1n) is 6.83. The lowest BCUT2D eigenvalue weighted by atomic mass is 9.94. The van der Waals surface area contributed by atoms with Gasteiger partial charge in [0.2, 0.25) is 11.8 Å². The Morgan fingerprint density at radius 1 is 1.38 bits per heavy atom. The van der Waals surface area contributed by atoms with Crippen molar-refractivity contribution in [2.75, 3.05) is 0 Å². The van der Waals surface area contributed by atoms with E-state index in [-0.39, 0.29) is 23.4 Å². The van der Waals surface area contributed by atoms with Crippen LogP contribution in [0.15, 0.2) is 18.2 Å². The highest BCUT2D eigenvalue weighted by Gasteiger charge is 2.45. The summed E-state index contributed by atoms with van der Waals surface area (Å²) in [6, 6.07) is 3.51. The molecule has 2 rings (SSSR count). The van der Waals surface area contributed by atoms with Gasteiger partial charge in [0.1, 0.15) is 17.4 Å². The maximum atomic E-state index is 13.1. The van der Waals surface area contributed by atoms with Crippen LogP contribution in [0.1, 0.15) is 32.8 Å². The van der Waals surface area contributed by atoms with Crippen LogP contribution in [0.4, 0.5) is 4.39 Å². The number of benzene rings is 1. The summed E-state index contributed by atoms with van der Waals surface area (Å²) < 4.78 is 13.1. The van der Waals surface area contributed by atoms with Crippen molar-refractivity contribution in [3.05, 3.63) is 34.6 Å². The Hall–Kier alpha value is -1.62. The van der Waals surface area contributed by atoms with Crippen molar-refractivity contribution in [2.24, 2.45) is 0 Å². The number of hydrogen-bond acceptors (Lipinski definition) is 2. The largest absolute Gasteiger partial charge is 0.342 e. The molecule has 1 aromatic rings. The first-order chi connectivity index (χ1) is 9.77. The van der Waals surface area contributed by atoms with E-state index in [4.69, 9.17) is 11.6 Å². The first kappa shape index (κ1) is 15.8. The second kappa shape index (κ2) is 5.64. The van der Waals surface area contributed by atoms with E-state index >= 15 is 0 Å². The molecule has 1 saturated heterocycles. The molecule has 1 aliphatic heterocycles. The Bertz CT molecular complexity index is 589. The highest BCUT2D eigenvalue weighted by Crippen LogP contribution is 2.27. The van der Waals surface area contributed by atoms with E-state index in [1.807, 2.05) is 6.92 Å². The van der Waals surface area contributed by atoms with Crippen molar-refractivity contribution in [1.82, 2.24) is 10.2 Å². The SMILES string of the molecule is CCC1NC(=O)C(C)(C)N(Cc2ccc(F)cc2Cl)C1=O. The third-order valence-electron chi connectivity index (χ3n) is 3.85. The lowest BCUT2D eigenvalue weighted by Gasteiger charge is -2.44. The molecule has 1 N–H and O–H groups in total. The third kappa shape index (κ3) is 2.88. The van der Waals surface area contributed by atoms with Gasteiger partial charge in [-0.1, -0.05) is 24.6 Å². The summed E-state index contributed by atoms with van der Waals surface area (Å²) in [6.45, 7) is 5.38. The van der Waals surface area contributed by atoms with E-state index in [2.05, 4.69) is 5.32 Å². The molecule has 0 bridgehead atoms. The van der Waals surface area contributed by atoms with Crippen LogP contribution in [0.25, 0.3) is 0 Å².